The molecule has 2 heterocycles. The van der Waals surface area contributed by atoms with Crippen molar-refractivity contribution < 1.29 is 14.3 Å². The van der Waals surface area contributed by atoms with Crippen LogP contribution in [0, 0.1) is 0 Å². The lowest BCUT2D eigenvalue weighted by Gasteiger charge is -2.19. The Kier molecular flexibility index (Phi) is 2.45. The third kappa shape index (κ3) is 1.60. The molecule has 1 aromatic heterocycles. The first kappa shape index (κ1) is 9.76. The van der Waals surface area contributed by atoms with Gasteiger partial charge in [0.2, 0.25) is 5.88 Å². The Morgan fingerprint density at radius 2 is 2.47 bits per heavy atom. The number of aromatic nitrogens is 1. The van der Waals surface area contributed by atoms with Gasteiger partial charge >= 0.3 is 6.09 Å². The van der Waals surface area contributed by atoms with Crippen molar-refractivity contribution in [1.29, 1.82) is 0 Å². The van der Waals surface area contributed by atoms with Crippen LogP contribution in [-0.4, -0.2) is 30.8 Å². The lowest BCUT2D eigenvalue weighted by molar-refractivity contribution is 0.179. The summed E-state index contributed by atoms with van der Waals surface area (Å²) in [5, 5.41) is 0. The van der Waals surface area contributed by atoms with Gasteiger partial charge in [0.05, 0.1) is 13.2 Å². The molecule has 80 valence electrons. The molecule has 1 atom stereocenters. The molecule has 0 aliphatic carbocycles. The van der Waals surface area contributed by atoms with E-state index in [2.05, 4.69) is 4.98 Å². The molecule has 0 spiro atoms. The Morgan fingerprint density at radius 3 is 3.07 bits per heavy atom. The molecule has 0 saturated carbocycles. The molecule has 15 heavy (non-hydrogen) atoms. The molecular weight excluding hydrogens is 196 g/mol. The minimum Gasteiger partial charge on any atom is -0.480 e. The molecule has 1 saturated heterocycles. The summed E-state index contributed by atoms with van der Waals surface area (Å²) in [6.07, 6.45) is 1.27. The van der Waals surface area contributed by atoms with Gasteiger partial charge < -0.3 is 9.47 Å². The molecule has 0 aromatic carbocycles. The van der Waals surface area contributed by atoms with Gasteiger partial charge in [0, 0.05) is 6.20 Å². The van der Waals surface area contributed by atoms with Gasteiger partial charge in [-0.15, -0.1) is 0 Å². The zero-order valence-electron chi connectivity index (χ0n) is 8.64. The maximum atomic E-state index is 11.5. The summed E-state index contributed by atoms with van der Waals surface area (Å²) >= 11 is 0. The SMILES string of the molecule is COc1ncccc1N1C(=O)OCC1C. The molecule has 5 heteroatoms. The largest absolute Gasteiger partial charge is 0.480 e. The second-order valence-corrected chi connectivity index (χ2v) is 3.33. The van der Waals surface area contributed by atoms with Crippen LogP contribution in [0.25, 0.3) is 0 Å². The molecule has 0 bridgehead atoms. The highest BCUT2D eigenvalue weighted by atomic mass is 16.6. The van der Waals surface area contributed by atoms with Gasteiger partial charge in [-0.05, 0) is 19.1 Å². The van der Waals surface area contributed by atoms with Crippen LogP contribution in [0.5, 0.6) is 5.88 Å². The minimum absolute atomic E-state index is 0.00981. The van der Waals surface area contributed by atoms with Crippen molar-refractivity contribution >= 4 is 11.8 Å². The number of carbonyl (C=O) groups is 1. The van der Waals surface area contributed by atoms with Crippen molar-refractivity contribution in [3.05, 3.63) is 18.3 Å². The fourth-order valence-corrected chi connectivity index (χ4v) is 1.57. The Bertz CT molecular complexity index is 381. The van der Waals surface area contributed by atoms with E-state index in [0.29, 0.717) is 18.2 Å². The fraction of sp³-hybridized carbons (Fsp3) is 0.400. The lowest BCUT2D eigenvalue weighted by atomic mass is 10.3. The third-order valence-electron chi connectivity index (χ3n) is 2.29. The number of hydrogen-bond donors (Lipinski definition) is 0. The molecule has 2 rings (SSSR count). The summed E-state index contributed by atoms with van der Waals surface area (Å²) in [6.45, 7) is 2.31. The van der Waals surface area contributed by atoms with E-state index >= 15 is 0 Å². The van der Waals surface area contributed by atoms with Gasteiger partial charge in [-0.2, -0.15) is 0 Å². The van der Waals surface area contributed by atoms with Crippen molar-refractivity contribution in [3.63, 3.8) is 0 Å². The normalized spacial score (nSPS) is 20.3. The van der Waals surface area contributed by atoms with Gasteiger partial charge in [-0.1, -0.05) is 0 Å². The number of amides is 1. The summed E-state index contributed by atoms with van der Waals surface area (Å²) in [7, 11) is 1.53. The number of nitrogens with zero attached hydrogens (tertiary/aromatic N) is 2. The topological polar surface area (TPSA) is 51.7 Å². The van der Waals surface area contributed by atoms with Crippen LogP contribution < -0.4 is 9.64 Å². The fourth-order valence-electron chi connectivity index (χ4n) is 1.57. The van der Waals surface area contributed by atoms with Gasteiger partial charge in [-0.3, -0.25) is 4.90 Å². The summed E-state index contributed by atoms with van der Waals surface area (Å²) in [6, 6.07) is 3.56. The zero-order chi connectivity index (χ0) is 10.8. The van der Waals surface area contributed by atoms with Crippen molar-refractivity contribution in [2.75, 3.05) is 18.6 Å². The van der Waals surface area contributed by atoms with Crippen LogP contribution in [0.15, 0.2) is 18.3 Å². The van der Waals surface area contributed by atoms with Crippen molar-refractivity contribution in [2.45, 2.75) is 13.0 Å². The van der Waals surface area contributed by atoms with Gasteiger partial charge in [-0.25, -0.2) is 9.78 Å². The first-order valence-corrected chi connectivity index (χ1v) is 4.69. The lowest BCUT2D eigenvalue weighted by Crippen LogP contribution is -2.31. The van der Waals surface area contributed by atoms with E-state index in [0.717, 1.165) is 0 Å². The van der Waals surface area contributed by atoms with Crippen molar-refractivity contribution in [3.8, 4) is 5.88 Å². The Balaban J connectivity index is 2.39. The van der Waals surface area contributed by atoms with E-state index < -0.39 is 0 Å². The van der Waals surface area contributed by atoms with Crippen LogP contribution in [0.2, 0.25) is 0 Å². The molecule has 1 aromatic rings. The molecule has 1 aliphatic heterocycles. The molecular formula is C10H12N2O3. The van der Waals surface area contributed by atoms with Crippen LogP contribution in [-0.2, 0) is 4.74 Å². The van der Waals surface area contributed by atoms with E-state index in [1.54, 1.807) is 23.2 Å². The highest BCUT2D eigenvalue weighted by molar-refractivity contribution is 5.91. The number of cyclic esters (lactones) is 1. The first-order chi connectivity index (χ1) is 7.24. The summed E-state index contributed by atoms with van der Waals surface area (Å²) in [5.74, 6) is 0.434. The zero-order valence-corrected chi connectivity index (χ0v) is 8.64. The number of rotatable bonds is 2. The minimum atomic E-state index is -0.353. The molecule has 1 unspecified atom stereocenters. The average molecular weight is 208 g/mol. The number of methoxy groups -OCH3 is 1. The Morgan fingerprint density at radius 1 is 1.67 bits per heavy atom. The van der Waals surface area contributed by atoms with Gasteiger partial charge in [0.15, 0.2) is 0 Å². The van der Waals surface area contributed by atoms with Gasteiger partial charge in [0.1, 0.15) is 12.3 Å². The van der Waals surface area contributed by atoms with Crippen LogP contribution in [0.4, 0.5) is 10.5 Å². The Labute approximate surface area is 87.6 Å². The average Bonchev–Trinajstić information content (AvgIpc) is 2.59. The van der Waals surface area contributed by atoms with Crippen LogP contribution in [0.3, 0.4) is 0 Å². The number of anilines is 1. The van der Waals surface area contributed by atoms with Gasteiger partial charge in [0.25, 0.3) is 0 Å². The first-order valence-electron chi connectivity index (χ1n) is 4.69. The molecule has 1 amide bonds. The highest BCUT2D eigenvalue weighted by Gasteiger charge is 2.33. The summed E-state index contributed by atoms with van der Waals surface area (Å²) in [5.41, 5.74) is 0.648. The highest BCUT2D eigenvalue weighted by Crippen LogP contribution is 2.29. The van der Waals surface area contributed by atoms with E-state index in [1.807, 2.05) is 6.92 Å². The van der Waals surface area contributed by atoms with E-state index in [-0.39, 0.29) is 12.1 Å². The maximum absolute atomic E-state index is 11.5. The molecule has 0 N–H and O–H groups in total. The molecule has 5 nitrogen and oxygen atoms in total. The standard InChI is InChI=1S/C10H12N2O3/c1-7-6-15-10(13)12(7)8-4-3-5-11-9(8)14-2/h3-5,7H,6H2,1-2H3. The van der Waals surface area contributed by atoms with Crippen molar-refractivity contribution in [2.24, 2.45) is 0 Å². The molecule has 1 fully saturated rings. The van der Waals surface area contributed by atoms with Crippen LogP contribution >= 0.6 is 0 Å². The Hall–Kier alpha value is -1.78. The van der Waals surface area contributed by atoms with E-state index in [9.17, 15) is 4.79 Å². The number of pyridine rings is 1. The van der Waals surface area contributed by atoms with Crippen LogP contribution in [0.1, 0.15) is 6.92 Å². The predicted molar refractivity (Wildman–Crippen MR) is 54.1 cm³/mol. The van der Waals surface area contributed by atoms with Crippen molar-refractivity contribution in [1.82, 2.24) is 4.98 Å². The summed E-state index contributed by atoms with van der Waals surface area (Å²) in [4.78, 5) is 17.1. The second-order valence-electron chi connectivity index (χ2n) is 3.33. The maximum Gasteiger partial charge on any atom is 0.414 e. The number of ether oxygens (including phenoxy) is 2. The molecule has 0 radical (unpaired) electrons. The second kappa shape index (κ2) is 3.76. The van der Waals surface area contributed by atoms with E-state index in [4.69, 9.17) is 9.47 Å². The monoisotopic (exact) mass is 208 g/mol. The number of carbonyl (C=O) groups excluding carboxylic acids is 1. The smallest absolute Gasteiger partial charge is 0.414 e. The third-order valence-corrected chi connectivity index (χ3v) is 2.29. The quantitative estimate of drug-likeness (QED) is 0.737. The predicted octanol–water partition coefficient (Wildman–Crippen LogP) is 1.44. The number of hydrogen-bond acceptors (Lipinski definition) is 4. The molecule has 1 aliphatic rings. The summed E-state index contributed by atoms with van der Waals surface area (Å²) < 4.78 is 10.0. The van der Waals surface area contributed by atoms with E-state index in [1.165, 1.54) is 7.11 Å².